The monoisotopic (exact) mass is 622 g/mol. The molecule has 0 saturated carbocycles. The number of carbonyl (C=O) groups excluding carboxylic acids is 1. The molecule has 0 bridgehead atoms. The van der Waals surface area contributed by atoms with E-state index in [0.29, 0.717) is 45.5 Å². The molecule has 6 rings (SSSR count). The van der Waals surface area contributed by atoms with Gasteiger partial charge in [0.25, 0.3) is 0 Å². The Balaban J connectivity index is 1.30. The highest BCUT2D eigenvalue weighted by molar-refractivity contribution is 7.98. The van der Waals surface area contributed by atoms with Crippen LogP contribution >= 0.6 is 23.4 Å². The maximum absolute atomic E-state index is 13.7. The van der Waals surface area contributed by atoms with Crippen LogP contribution in [-0.4, -0.2) is 20.7 Å². The van der Waals surface area contributed by atoms with E-state index in [1.54, 1.807) is 4.68 Å². The lowest BCUT2D eigenvalue weighted by Crippen LogP contribution is -2.29. The summed E-state index contributed by atoms with van der Waals surface area (Å²) in [4.78, 5) is 18.5. The van der Waals surface area contributed by atoms with Crippen LogP contribution in [0.2, 0.25) is 5.02 Å². The number of carbonyl (C=O) groups is 1. The largest absolute Gasteiger partial charge is 0.489 e. The normalized spacial score (nSPS) is 14.1. The summed E-state index contributed by atoms with van der Waals surface area (Å²) >= 11 is 7.87. The summed E-state index contributed by atoms with van der Waals surface area (Å²) in [5, 5.41) is 9.40. The molecule has 1 N–H and O–H groups in total. The highest BCUT2D eigenvalue weighted by atomic mass is 35.5. The van der Waals surface area contributed by atoms with Crippen LogP contribution in [0, 0.1) is 6.92 Å². The van der Waals surface area contributed by atoms with Gasteiger partial charge in [0, 0.05) is 16.5 Å². The third kappa shape index (κ3) is 6.82. The quantitative estimate of drug-likeness (QED) is 0.124. The molecule has 0 aliphatic carbocycles. The minimum Gasteiger partial charge on any atom is -0.489 e. The van der Waals surface area contributed by atoms with Crippen molar-refractivity contribution in [1.82, 2.24) is 14.8 Å². The van der Waals surface area contributed by atoms with Gasteiger partial charge < -0.3 is 14.8 Å². The van der Waals surface area contributed by atoms with Crippen LogP contribution in [0.5, 0.6) is 5.75 Å². The highest BCUT2D eigenvalue weighted by Crippen LogP contribution is 2.38. The Labute approximate surface area is 265 Å². The van der Waals surface area contributed by atoms with Crippen LogP contribution in [0.15, 0.2) is 120 Å². The number of fused-ring (bicyclic) bond motifs is 1. The van der Waals surface area contributed by atoms with Gasteiger partial charge in [0.2, 0.25) is 11.1 Å². The maximum atomic E-state index is 13.7. The molecule has 7 nitrogen and oxygen atoms in total. The van der Waals surface area contributed by atoms with Gasteiger partial charge >= 0.3 is 5.97 Å². The summed E-state index contributed by atoms with van der Waals surface area (Å²) in [6.07, 6.45) is 0. The van der Waals surface area contributed by atoms with Gasteiger partial charge in [0.1, 0.15) is 25.0 Å². The molecule has 1 atom stereocenters. The second-order valence-electron chi connectivity index (χ2n) is 10.5. The molecule has 0 radical (unpaired) electrons. The van der Waals surface area contributed by atoms with E-state index in [4.69, 9.17) is 31.2 Å². The number of allylic oxidation sites excluding steroid dienone is 1. The molecule has 1 aliphatic rings. The fourth-order valence-corrected chi connectivity index (χ4v) is 6.06. The third-order valence-corrected chi connectivity index (χ3v) is 8.54. The minimum atomic E-state index is -0.584. The van der Waals surface area contributed by atoms with Crippen molar-refractivity contribution in [2.24, 2.45) is 0 Å². The summed E-state index contributed by atoms with van der Waals surface area (Å²) in [6, 6.07) is 32.8. The fraction of sp³-hybridized carbons (Fsp3) is 0.171. The molecule has 44 heavy (non-hydrogen) atoms. The van der Waals surface area contributed by atoms with Gasteiger partial charge in [0.05, 0.1) is 5.57 Å². The molecule has 1 unspecified atom stereocenters. The lowest BCUT2D eigenvalue weighted by atomic mass is 9.95. The van der Waals surface area contributed by atoms with Gasteiger partial charge in [-0.25, -0.2) is 9.48 Å². The zero-order chi connectivity index (χ0) is 30.5. The van der Waals surface area contributed by atoms with Crippen molar-refractivity contribution in [2.45, 2.75) is 44.0 Å². The predicted molar refractivity (Wildman–Crippen MR) is 174 cm³/mol. The van der Waals surface area contributed by atoms with Crippen molar-refractivity contribution in [3.8, 4) is 5.75 Å². The van der Waals surface area contributed by atoms with E-state index in [1.165, 1.54) is 17.3 Å². The summed E-state index contributed by atoms with van der Waals surface area (Å²) < 4.78 is 13.7. The highest BCUT2D eigenvalue weighted by Gasteiger charge is 2.35. The van der Waals surface area contributed by atoms with E-state index in [1.807, 2.05) is 85.8 Å². The minimum absolute atomic E-state index is 0.159. The second kappa shape index (κ2) is 13.4. The third-order valence-electron chi connectivity index (χ3n) is 7.28. The van der Waals surface area contributed by atoms with Crippen molar-refractivity contribution in [1.29, 1.82) is 0 Å². The van der Waals surface area contributed by atoms with Crippen molar-refractivity contribution in [2.75, 3.05) is 5.32 Å². The molecule has 5 aromatic rings. The Bertz CT molecular complexity index is 1800. The van der Waals surface area contributed by atoms with Gasteiger partial charge in [-0.1, -0.05) is 114 Å². The van der Waals surface area contributed by atoms with Crippen LogP contribution in [0.3, 0.4) is 0 Å². The summed E-state index contributed by atoms with van der Waals surface area (Å²) in [6.45, 7) is 4.50. The number of halogens is 1. The predicted octanol–water partition coefficient (Wildman–Crippen LogP) is 8.14. The van der Waals surface area contributed by atoms with Crippen LogP contribution in [-0.2, 0) is 28.5 Å². The number of rotatable bonds is 10. The average Bonchev–Trinajstić information content (AvgIpc) is 3.45. The van der Waals surface area contributed by atoms with Gasteiger partial charge in [-0.05, 0) is 54.3 Å². The standard InChI is InChI=1S/C35H31ClN4O3S/c1-23-15-17-26(18-16-23)20-42-29-13-8-12-27(19-29)32-31(33(41)43-21-25-9-4-3-5-10-25)24(2)37-34-38-35(39-40(32)34)44-22-28-11-6-7-14-30(28)36/h3-19,32H,20-22H2,1-2H3,(H,37,38,39). The second-order valence-corrected chi connectivity index (χ2v) is 11.9. The molecular formula is C35H31ClN4O3S. The number of hydrogen-bond donors (Lipinski definition) is 1. The first-order chi connectivity index (χ1) is 21.4. The van der Waals surface area contributed by atoms with Gasteiger partial charge in [-0.2, -0.15) is 4.98 Å². The van der Waals surface area contributed by atoms with E-state index in [0.717, 1.165) is 22.3 Å². The number of ether oxygens (including phenoxy) is 2. The number of nitrogens with one attached hydrogen (secondary N) is 1. The van der Waals surface area contributed by atoms with E-state index < -0.39 is 12.0 Å². The van der Waals surface area contributed by atoms with E-state index >= 15 is 0 Å². The average molecular weight is 623 g/mol. The van der Waals surface area contributed by atoms with Crippen LogP contribution in [0.1, 0.15) is 40.8 Å². The van der Waals surface area contributed by atoms with Gasteiger partial charge in [-0.15, -0.1) is 5.10 Å². The number of nitrogens with zero attached hydrogens (tertiary/aromatic N) is 3. The van der Waals surface area contributed by atoms with E-state index in [-0.39, 0.29) is 6.61 Å². The van der Waals surface area contributed by atoms with Gasteiger partial charge in [0.15, 0.2) is 0 Å². The smallest absolute Gasteiger partial charge is 0.338 e. The first-order valence-corrected chi connectivity index (χ1v) is 15.6. The van der Waals surface area contributed by atoms with Crippen molar-refractivity contribution >= 4 is 35.3 Å². The zero-order valence-corrected chi connectivity index (χ0v) is 25.9. The van der Waals surface area contributed by atoms with Crippen LogP contribution in [0.4, 0.5) is 5.95 Å². The number of hydrogen-bond acceptors (Lipinski definition) is 7. The van der Waals surface area contributed by atoms with Crippen molar-refractivity contribution in [3.63, 3.8) is 0 Å². The molecule has 9 heteroatoms. The van der Waals surface area contributed by atoms with E-state index in [2.05, 4.69) is 36.5 Å². The Morgan fingerprint density at radius 2 is 1.66 bits per heavy atom. The number of benzene rings is 4. The number of esters is 1. The Morgan fingerprint density at radius 3 is 2.45 bits per heavy atom. The molecule has 222 valence electrons. The van der Waals surface area contributed by atoms with Crippen LogP contribution in [0.25, 0.3) is 0 Å². The summed E-state index contributed by atoms with van der Waals surface area (Å²) in [5.41, 5.74) is 6.11. The number of aryl methyl sites for hydroxylation is 1. The fourth-order valence-electron chi connectivity index (χ4n) is 4.95. The first-order valence-electron chi connectivity index (χ1n) is 14.2. The van der Waals surface area contributed by atoms with Crippen molar-refractivity contribution < 1.29 is 14.3 Å². The van der Waals surface area contributed by atoms with Crippen molar-refractivity contribution in [3.05, 3.63) is 147 Å². The molecule has 0 fully saturated rings. The number of anilines is 1. The summed E-state index contributed by atoms with van der Waals surface area (Å²) in [5.74, 6) is 1.40. The first kappa shape index (κ1) is 29.5. The summed E-state index contributed by atoms with van der Waals surface area (Å²) in [7, 11) is 0. The molecule has 0 amide bonds. The zero-order valence-electron chi connectivity index (χ0n) is 24.4. The Morgan fingerprint density at radius 1 is 0.909 bits per heavy atom. The SMILES string of the molecule is CC1=C(C(=O)OCc2ccccc2)C(c2cccc(OCc3ccc(C)cc3)c2)n2nc(SCc3ccccc3Cl)nc2N1. The molecule has 4 aromatic carbocycles. The number of thioether (sulfide) groups is 1. The molecular weight excluding hydrogens is 592 g/mol. The Kier molecular flexibility index (Phi) is 9.00. The van der Waals surface area contributed by atoms with E-state index in [9.17, 15) is 4.79 Å². The molecule has 1 aliphatic heterocycles. The molecule has 1 aromatic heterocycles. The molecule has 0 spiro atoms. The molecule has 0 saturated heterocycles. The lowest BCUT2D eigenvalue weighted by molar-refractivity contribution is -0.140. The van der Waals surface area contributed by atoms with Gasteiger partial charge in [-0.3, -0.25) is 0 Å². The topological polar surface area (TPSA) is 78.3 Å². The van der Waals surface area contributed by atoms with Crippen LogP contribution < -0.4 is 10.1 Å². The lowest BCUT2D eigenvalue weighted by Gasteiger charge is -2.28. The Hall–Kier alpha value is -4.53. The number of aromatic nitrogens is 3. The maximum Gasteiger partial charge on any atom is 0.338 e. The molecule has 2 heterocycles.